The maximum Gasteiger partial charge on any atom is 0.338 e. The van der Waals surface area contributed by atoms with Crippen LogP contribution in [0.5, 0.6) is 11.5 Å². The standard InChI is InChI=1S/C32H31N3O5S/c1-7-15-34-18-22(23-11-9-10-12-24(23)34)17-27-30(36)35-29(21-13-14-25(40-19(3)4)26(16-21)38-6)28(31(37)39-8-2)20(5)33-32(35)41-27/h1,9-14,16-19,29H,8,15H2,2-6H3/b27-17+/t29-/m1/s1. The Labute approximate surface area is 241 Å². The summed E-state index contributed by atoms with van der Waals surface area (Å²) >= 11 is 1.28. The van der Waals surface area contributed by atoms with Gasteiger partial charge in [0.15, 0.2) is 16.3 Å². The van der Waals surface area contributed by atoms with Gasteiger partial charge in [-0.2, -0.15) is 0 Å². The number of rotatable bonds is 8. The van der Waals surface area contributed by atoms with E-state index >= 15 is 0 Å². The van der Waals surface area contributed by atoms with Crippen LogP contribution in [0.1, 0.15) is 44.9 Å². The second-order valence-corrected chi connectivity index (χ2v) is 10.8. The first-order chi connectivity index (χ1) is 19.8. The number of ether oxygens (including phenoxy) is 3. The van der Waals surface area contributed by atoms with Gasteiger partial charge >= 0.3 is 5.97 Å². The van der Waals surface area contributed by atoms with Crippen LogP contribution in [-0.4, -0.2) is 34.9 Å². The van der Waals surface area contributed by atoms with E-state index < -0.39 is 12.0 Å². The quantitative estimate of drug-likeness (QED) is 0.235. The number of hydrogen-bond acceptors (Lipinski definition) is 7. The molecule has 0 fully saturated rings. The maximum atomic E-state index is 14.1. The van der Waals surface area contributed by atoms with E-state index in [9.17, 15) is 9.59 Å². The fraction of sp³-hybridized carbons (Fsp3) is 0.281. The van der Waals surface area contributed by atoms with Gasteiger partial charge in [0.25, 0.3) is 5.56 Å². The Hall–Kier alpha value is -4.55. The molecule has 0 N–H and O–H groups in total. The molecule has 41 heavy (non-hydrogen) atoms. The molecule has 3 heterocycles. The van der Waals surface area contributed by atoms with Crippen molar-refractivity contribution < 1.29 is 19.0 Å². The Morgan fingerprint density at radius 1 is 1.22 bits per heavy atom. The van der Waals surface area contributed by atoms with E-state index in [1.165, 1.54) is 11.3 Å². The Morgan fingerprint density at radius 3 is 2.71 bits per heavy atom. The third kappa shape index (κ3) is 5.19. The summed E-state index contributed by atoms with van der Waals surface area (Å²) in [7, 11) is 1.56. The number of thiazole rings is 1. The maximum absolute atomic E-state index is 14.1. The molecule has 8 nitrogen and oxygen atoms in total. The Bertz CT molecular complexity index is 1900. The van der Waals surface area contributed by atoms with Crippen LogP contribution >= 0.6 is 11.3 Å². The van der Waals surface area contributed by atoms with Gasteiger partial charge in [0.2, 0.25) is 0 Å². The van der Waals surface area contributed by atoms with E-state index in [0.29, 0.717) is 44.2 Å². The van der Waals surface area contributed by atoms with Crippen LogP contribution in [0.25, 0.3) is 17.0 Å². The third-order valence-corrected chi connectivity index (χ3v) is 7.73. The molecule has 0 bridgehead atoms. The fourth-order valence-electron chi connectivity index (χ4n) is 5.07. The van der Waals surface area contributed by atoms with Crippen LogP contribution in [0.3, 0.4) is 0 Å². The molecule has 1 aliphatic rings. The number of methoxy groups -OCH3 is 1. The van der Waals surface area contributed by atoms with Crippen molar-refractivity contribution in [3.63, 3.8) is 0 Å². The van der Waals surface area contributed by atoms with Crippen LogP contribution in [0.15, 0.2) is 69.7 Å². The van der Waals surface area contributed by atoms with Crippen molar-refractivity contribution in [2.45, 2.75) is 46.4 Å². The molecule has 0 amide bonds. The molecule has 4 aromatic rings. The highest BCUT2D eigenvalue weighted by molar-refractivity contribution is 7.07. The zero-order valence-electron chi connectivity index (χ0n) is 23.6. The third-order valence-electron chi connectivity index (χ3n) is 6.75. The molecule has 0 unspecified atom stereocenters. The summed E-state index contributed by atoms with van der Waals surface area (Å²) in [5.74, 6) is 3.23. The van der Waals surface area contributed by atoms with Gasteiger partial charge in [-0.1, -0.05) is 41.5 Å². The number of nitrogens with zero attached hydrogens (tertiary/aromatic N) is 3. The van der Waals surface area contributed by atoms with Crippen LogP contribution in [0.2, 0.25) is 0 Å². The summed E-state index contributed by atoms with van der Waals surface area (Å²) in [6.07, 6.45) is 9.35. The highest BCUT2D eigenvalue weighted by Gasteiger charge is 2.34. The Morgan fingerprint density at radius 2 is 2.00 bits per heavy atom. The first kappa shape index (κ1) is 28.0. The lowest BCUT2D eigenvalue weighted by molar-refractivity contribution is -0.139. The Balaban J connectivity index is 1.73. The van der Waals surface area contributed by atoms with Crippen LogP contribution in [0.4, 0.5) is 0 Å². The second kappa shape index (κ2) is 11.5. The van der Waals surface area contributed by atoms with E-state index in [2.05, 4.69) is 10.9 Å². The van der Waals surface area contributed by atoms with E-state index in [0.717, 1.165) is 16.5 Å². The molecule has 0 saturated heterocycles. The van der Waals surface area contributed by atoms with Gasteiger partial charge in [0.1, 0.15) is 0 Å². The number of carbonyl (C=O) groups is 1. The van der Waals surface area contributed by atoms with Crippen molar-refractivity contribution in [1.82, 2.24) is 9.13 Å². The number of terminal acetylenes is 1. The van der Waals surface area contributed by atoms with Gasteiger partial charge < -0.3 is 18.8 Å². The van der Waals surface area contributed by atoms with Gasteiger partial charge in [-0.05, 0) is 57.5 Å². The highest BCUT2D eigenvalue weighted by atomic mass is 32.1. The number of carbonyl (C=O) groups excluding carboxylic acids is 1. The molecule has 0 saturated carbocycles. The monoisotopic (exact) mass is 569 g/mol. The summed E-state index contributed by atoms with van der Waals surface area (Å²) in [6.45, 7) is 7.97. The lowest BCUT2D eigenvalue weighted by atomic mass is 9.95. The lowest BCUT2D eigenvalue weighted by Gasteiger charge is -2.25. The molecular weight excluding hydrogens is 538 g/mol. The summed E-state index contributed by atoms with van der Waals surface area (Å²) in [5.41, 5.74) is 3.07. The highest BCUT2D eigenvalue weighted by Crippen LogP contribution is 2.36. The average molecular weight is 570 g/mol. The number of benzene rings is 2. The predicted octanol–water partition coefficient (Wildman–Crippen LogP) is 4.18. The minimum Gasteiger partial charge on any atom is -0.493 e. The van der Waals surface area contributed by atoms with E-state index in [1.807, 2.05) is 61.0 Å². The number of esters is 1. The molecule has 210 valence electrons. The molecule has 2 aromatic carbocycles. The number of para-hydroxylation sites is 1. The minimum absolute atomic E-state index is 0.0590. The molecule has 1 aliphatic heterocycles. The van der Waals surface area contributed by atoms with E-state index in [4.69, 9.17) is 20.6 Å². The molecule has 2 aromatic heterocycles. The van der Waals surface area contributed by atoms with Crippen LogP contribution < -0.4 is 24.4 Å². The van der Waals surface area contributed by atoms with Gasteiger partial charge in [-0.3, -0.25) is 9.36 Å². The van der Waals surface area contributed by atoms with Crippen molar-refractivity contribution in [2.75, 3.05) is 13.7 Å². The van der Waals surface area contributed by atoms with Crippen LogP contribution in [0, 0.1) is 12.3 Å². The molecule has 0 spiro atoms. The lowest BCUT2D eigenvalue weighted by Crippen LogP contribution is -2.40. The van der Waals surface area contributed by atoms with Gasteiger partial charge in [0, 0.05) is 22.7 Å². The van der Waals surface area contributed by atoms with E-state index in [-0.39, 0.29) is 18.3 Å². The topological polar surface area (TPSA) is 84.0 Å². The molecule has 5 rings (SSSR count). The largest absolute Gasteiger partial charge is 0.493 e. The van der Waals surface area contributed by atoms with Crippen molar-refractivity contribution in [3.8, 4) is 23.8 Å². The van der Waals surface area contributed by atoms with Gasteiger partial charge in [-0.25, -0.2) is 9.79 Å². The van der Waals surface area contributed by atoms with Gasteiger partial charge in [0.05, 0.1) is 48.2 Å². The van der Waals surface area contributed by atoms with Gasteiger partial charge in [-0.15, -0.1) is 6.42 Å². The smallest absolute Gasteiger partial charge is 0.338 e. The molecule has 0 radical (unpaired) electrons. The van der Waals surface area contributed by atoms with Crippen LogP contribution in [-0.2, 0) is 16.1 Å². The SMILES string of the molecule is C#CCn1cc(/C=c2/sc3n(c2=O)[C@H](c2ccc(OC(C)C)c(OC)c2)C(C(=O)OCC)=C(C)N=3)c2ccccc21. The second-order valence-electron chi connectivity index (χ2n) is 9.81. The number of aromatic nitrogens is 2. The first-order valence-electron chi connectivity index (χ1n) is 13.3. The average Bonchev–Trinajstić information content (AvgIpc) is 3.44. The zero-order chi connectivity index (χ0) is 29.3. The summed E-state index contributed by atoms with van der Waals surface area (Å²) in [6, 6.07) is 12.6. The first-order valence-corrected chi connectivity index (χ1v) is 14.1. The predicted molar refractivity (Wildman–Crippen MR) is 160 cm³/mol. The Kier molecular flexibility index (Phi) is 7.86. The summed E-state index contributed by atoms with van der Waals surface area (Å²) in [5, 5.41) is 0.985. The molecule has 9 heteroatoms. The number of hydrogen-bond donors (Lipinski definition) is 0. The van der Waals surface area contributed by atoms with Crippen molar-refractivity contribution in [3.05, 3.63) is 90.7 Å². The number of fused-ring (bicyclic) bond motifs is 2. The van der Waals surface area contributed by atoms with Crippen molar-refractivity contribution in [1.29, 1.82) is 0 Å². The summed E-state index contributed by atoms with van der Waals surface area (Å²) in [4.78, 5) is 32.5. The van der Waals surface area contributed by atoms with Crippen molar-refractivity contribution in [2.24, 2.45) is 4.99 Å². The summed E-state index contributed by atoms with van der Waals surface area (Å²) < 4.78 is 21.0. The van der Waals surface area contributed by atoms with E-state index in [1.54, 1.807) is 37.7 Å². The zero-order valence-corrected chi connectivity index (χ0v) is 24.5. The normalized spacial score (nSPS) is 15.0. The molecular formula is C32H31N3O5S. The molecule has 0 aliphatic carbocycles. The number of allylic oxidation sites excluding steroid dienone is 1. The minimum atomic E-state index is -0.766. The fourth-order valence-corrected chi connectivity index (χ4v) is 6.11. The molecule has 1 atom stereocenters. The van der Waals surface area contributed by atoms with Crippen molar-refractivity contribution >= 4 is 34.3 Å².